The van der Waals surface area contributed by atoms with Crippen molar-refractivity contribution >= 4 is 29.2 Å². The Morgan fingerprint density at radius 2 is 2.29 bits per heavy atom. The average molecular weight is 265 g/mol. The minimum Gasteiger partial charge on any atom is -0.342 e. The lowest BCUT2D eigenvalue weighted by Crippen LogP contribution is -2.31. The number of thiazole rings is 1. The Labute approximate surface area is 111 Å². The summed E-state index contributed by atoms with van der Waals surface area (Å²) in [6.07, 6.45) is 10.7. The average Bonchev–Trinajstić information content (AvgIpc) is 2.97. The van der Waals surface area contributed by atoms with Crippen LogP contribution in [0.2, 0.25) is 0 Å². The molecule has 0 atom stereocenters. The highest BCUT2D eigenvalue weighted by Gasteiger charge is 2.09. The lowest BCUT2D eigenvalue weighted by molar-refractivity contribution is -0.690. The van der Waals surface area contributed by atoms with E-state index in [1.807, 2.05) is 0 Å². The third-order valence-electron chi connectivity index (χ3n) is 2.58. The van der Waals surface area contributed by atoms with Crippen LogP contribution in [-0.2, 0) is 6.54 Å². The topological polar surface area (TPSA) is 7.12 Å². The van der Waals surface area contributed by atoms with E-state index in [0.717, 1.165) is 13.1 Å². The Morgan fingerprint density at radius 1 is 1.41 bits per heavy atom. The zero-order chi connectivity index (χ0) is 12.1. The molecule has 0 saturated carbocycles. The van der Waals surface area contributed by atoms with Crippen LogP contribution < -0.4 is 4.57 Å². The first kappa shape index (κ1) is 12.5. The third-order valence-corrected chi connectivity index (χ3v) is 4.32. The fourth-order valence-corrected chi connectivity index (χ4v) is 3.29. The van der Waals surface area contributed by atoms with Crippen molar-refractivity contribution in [2.75, 3.05) is 6.54 Å². The van der Waals surface area contributed by atoms with Gasteiger partial charge in [-0.1, -0.05) is 29.2 Å². The smallest absolute Gasteiger partial charge is 0.261 e. The van der Waals surface area contributed by atoms with E-state index in [2.05, 4.69) is 64.7 Å². The molecule has 0 spiro atoms. The number of aryl methyl sites for hydroxylation is 1. The first-order chi connectivity index (χ1) is 8.35. The van der Waals surface area contributed by atoms with E-state index >= 15 is 0 Å². The maximum atomic E-state index is 2.25. The zero-order valence-corrected chi connectivity index (χ0v) is 11.8. The van der Waals surface area contributed by atoms with Gasteiger partial charge in [0.15, 0.2) is 6.20 Å². The van der Waals surface area contributed by atoms with E-state index in [0.29, 0.717) is 0 Å². The fraction of sp³-hybridized carbons (Fsp3) is 0.308. The number of hydrogen-bond donors (Lipinski definition) is 0. The van der Waals surface area contributed by atoms with E-state index < -0.39 is 0 Å². The van der Waals surface area contributed by atoms with Gasteiger partial charge in [0.2, 0.25) is 0 Å². The van der Waals surface area contributed by atoms with Crippen LogP contribution in [0, 0.1) is 0 Å². The summed E-state index contributed by atoms with van der Waals surface area (Å²) >= 11 is 3.55. The zero-order valence-electron chi connectivity index (χ0n) is 10.2. The monoisotopic (exact) mass is 265 g/mol. The van der Waals surface area contributed by atoms with E-state index in [-0.39, 0.29) is 0 Å². The van der Waals surface area contributed by atoms with E-state index in [1.54, 1.807) is 23.1 Å². The molecule has 2 rings (SSSR count). The van der Waals surface area contributed by atoms with Gasteiger partial charge in [0.25, 0.3) is 5.01 Å². The van der Waals surface area contributed by atoms with Crippen LogP contribution in [0.4, 0.5) is 0 Å². The van der Waals surface area contributed by atoms with Crippen molar-refractivity contribution in [1.29, 1.82) is 0 Å². The van der Waals surface area contributed by atoms with Gasteiger partial charge in [0, 0.05) is 18.8 Å². The van der Waals surface area contributed by atoms with Crippen molar-refractivity contribution in [3.8, 4) is 0 Å². The molecule has 4 heteroatoms. The van der Waals surface area contributed by atoms with Gasteiger partial charge in [-0.3, -0.25) is 0 Å². The summed E-state index contributed by atoms with van der Waals surface area (Å²) < 4.78 is 2.25. The van der Waals surface area contributed by atoms with Gasteiger partial charge in [-0.05, 0) is 25.3 Å². The second-order valence-electron chi connectivity index (χ2n) is 3.58. The van der Waals surface area contributed by atoms with Crippen LogP contribution in [0.25, 0.3) is 6.08 Å². The molecule has 0 aromatic carbocycles. The second kappa shape index (κ2) is 6.07. The van der Waals surface area contributed by atoms with Gasteiger partial charge in [0.05, 0.1) is 10.4 Å². The highest BCUT2D eigenvalue weighted by molar-refractivity contribution is 8.06. The molecule has 0 aliphatic carbocycles. The first-order valence-electron chi connectivity index (χ1n) is 5.80. The molecule has 0 unspecified atom stereocenters. The van der Waals surface area contributed by atoms with Crippen molar-refractivity contribution < 1.29 is 4.57 Å². The van der Waals surface area contributed by atoms with Gasteiger partial charge >= 0.3 is 0 Å². The molecule has 1 aromatic rings. The number of aromatic nitrogens is 1. The van der Waals surface area contributed by atoms with Crippen LogP contribution >= 0.6 is 23.1 Å². The SMILES string of the molecule is CCN1C=CSC1=CC=Cc1scc[n+]1CC. The lowest BCUT2D eigenvalue weighted by Gasteiger charge is -2.13. The van der Waals surface area contributed by atoms with Crippen molar-refractivity contribution in [1.82, 2.24) is 4.90 Å². The molecule has 90 valence electrons. The second-order valence-corrected chi connectivity index (χ2v) is 5.43. The van der Waals surface area contributed by atoms with Crippen molar-refractivity contribution in [2.24, 2.45) is 0 Å². The number of rotatable bonds is 4. The highest BCUT2D eigenvalue weighted by atomic mass is 32.2. The molecule has 0 radical (unpaired) electrons. The predicted octanol–water partition coefficient (Wildman–Crippen LogP) is 3.45. The summed E-state index contributed by atoms with van der Waals surface area (Å²) in [6, 6.07) is 0. The number of nitrogens with zero attached hydrogens (tertiary/aromatic N) is 2. The van der Waals surface area contributed by atoms with Crippen LogP contribution in [0.3, 0.4) is 0 Å². The molecule has 0 fully saturated rings. The fourth-order valence-electron chi connectivity index (χ4n) is 1.63. The Morgan fingerprint density at radius 3 is 3.06 bits per heavy atom. The third kappa shape index (κ3) is 3.01. The summed E-state index contributed by atoms with van der Waals surface area (Å²) in [5.41, 5.74) is 0. The first-order valence-corrected chi connectivity index (χ1v) is 7.56. The summed E-state index contributed by atoms with van der Waals surface area (Å²) in [5, 5.41) is 6.84. The van der Waals surface area contributed by atoms with Crippen molar-refractivity contribution in [3.63, 3.8) is 0 Å². The molecule has 2 nitrogen and oxygen atoms in total. The molecule has 2 heterocycles. The van der Waals surface area contributed by atoms with Crippen molar-refractivity contribution in [2.45, 2.75) is 20.4 Å². The van der Waals surface area contributed by atoms with Gasteiger partial charge in [-0.2, -0.15) is 4.57 Å². The molecule has 0 saturated heterocycles. The maximum Gasteiger partial charge on any atom is 0.261 e. The molecule has 0 bridgehead atoms. The Kier molecular flexibility index (Phi) is 4.45. The highest BCUT2D eigenvalue weighted by Crippen LogP contribution is 2.28. The van der Waals surface area contributed by atoms with Crippen LogP contribution in [0.15, 0.2) is 40.4 Å². The maximum absolute atomic E-state index is 2.25. The number of allylic oxidation sites excluding steroid dienone is 2. The molecule has 1 aliphatic heterocycles. The van der Waals surface area contributed by atoms with Crippen LogP contribution in [-0.4, -0.2) is 11.4 Å². The summed E-state index contributed by atoms with van der Waals surface area (Å²) in [5.74, 6) is 0. The molecule has 0 amide bonds. The molecule has 1 aliphatic rings. The molecule has 17 heavy (non-hydrogen) atoms. The standard InChI is InChI=1S/C13H17N2S2/c1-3-14-8-10-16-12(14)6-5-7-13-15(4-2)9-11-17-13/h5-11H,3-4H2,1-2H3/q+1. The molecular weight excluding hydrogens is 248 g/mol. The molecule has 0 N–H and O–H groups in total. The Bertz CT molecular complexity index is 458. The Hall–Kier alpha value is -1.00. The summed E-state index contributed by atoms with van der Waals surface area (Å²) in [7, 11) is 0. The van der Waals surface area contributed by atoms with E-state index in [9.17, 15) is 0 Å². The van der Waals surface area contributed by atoms with E-state index in [1.165, 1.54) is 10.0 Å². The number of hydrogen-bond acceptors (Lipinski definition) is 3. The lowest BCUT2D eigenvalue weighted by atomic mass is 10.4. The number of thioether (sulfide) groups is 1. The van der Waals surface area contributed by atoms with Gasteiger partial charge in [-0.15, -0.1) is 0 Å². The predicted molar refractivity (Wildman–Crippen MR) is 76.4 cm³/mol. The summed E-state index contributed by atoms with van der Waals surface area (Å²) in [4.78, 5) is 2.25. The molecule has 1 aromatic heterocycles. The van der Waals surface area contributed by atoms with Gasteiger partial charge in [0.1, 0.15) is 6.54 Å². The van der Waals surface area contributed by atoms with E-state index in [4.69, 9.17) is 0 Å². The quantitative estimate of drug-likeness (QED) is 0.770. The minimum absolute atomic E-state index is 1.02. The minimum atomic E-state index is 1.02. The van der Waals surface area contributed by atoms with Crippen LogP contribution in [0.5, 0.6) is 0 Å². The van der Waals surface area contributed by atoms with Crippen LogP contribution in [0.1, 0.15) is 18.9 Å². The Balaban J connectivity index is 2.05. The van der Waals surface area contributed by atoms with Gasteiger partial charge in [-0.25, -0.2) is 0 Å². The summed E-state index contributed by atoms with van der Waals surface area (Å²) in [6.45, 7) is 6.38. The molecular formula is C13H17N2S2+. The normalized spacial score (nSPS) is 17.8. The van der Waals surface area contributed by atoms with Crippen molar-refractivity contribution in [3.05, 3.63) is 45.4 Å². The van der Waals surface area contributed by atoms with Gasteiger partial charge < -0.3 is 4.90 Å². The largest absolute Gasteiger partial charge is 0.342 e.